The van der Waals surface area contributed by atoms with Gasteiger partial charge in [0.1, 0.15) is 6.54 Å². The van der Waals surface area contributed by atoms with Gasteiger partial charge < -0.3 is 4.42 Å². The van der Waals surface area contributed by atoms with Gasteiger partial charge in [0.05, 0.1) is 5.56 Å². The summed E-state index contributed by atoms with van der Waals surface area (Å²) in [5, 5.41) is 10.7. The summed E-state index contributed by atoms with van der Waals surface area (Å²) in [5.41, 5.74) is -1.68. The van der Waals surface area contributed by atoms with E-state index in [4.69, 9.17) is 4.42 Å². The van der Waals surface area contributed by atoms with Gasteiger partial charge in [0, 0.05) is 11.3 Å². The van der Waals surface area contributed by atoms with Gasteiger partial charge in [-0.05, 0) is 31.2 Å². The molecule has 0 fully saturated rings. The topological polar surface area (TPSA) is 56.7 Å². The summed E-state index contributed by atoms with van der Waals surface area (Å²) in [6.07, 6.45) is -9.12. The van der Waals surface area contributed by atoms with E-state index in [1.807, 2.05) is 0 Å². The number of hydrogen-bond donors (Lipinski definition) is 0. The summed E-state index contributed by atoms with van der Waals surface area (Å²) in [6.45, 7) is 1.18. The van der Waals surface area contributed by atoms with Crippen LogP contribution in [0.3, 0.4) is 0 Å². The molecule has 0 atom stereocenters. The highest BCUT2D eigenvalue weighted by molar-refractivity contribution is 5.54. The Hall–Kier alpha value is -2.85. The van der Waals surface area contributed by atoms with Crippen LogP contribution in [0.2, 0.25) is 0 Å². The van der Waals surface area contributed by atoms with Crippen molar-refractivity contribution < 1.29 is 30.8 Å². The second-order valence-electron chi connectivity index (χ2n) is 5.41. The molecule has 0 saturated carbocycles. The van der Waals surface area contributed by atoms with Gasteiger partial charge in [-0.1, -0.05) is 6.07 Å². The number of nitrogens with zero attached hydrogens (tertiary/aromatic N) is 4. The predicted octanol–water partition coefficient (Wildman–Crippen LogP) is 4.33. The van der Waals surface area contributed by atoms with E-state index < -0.39 is 23.6 Å². The van der Waals surface area contributed by atoms with Crippen LogP contribution in [0.1, 0.15) is 22.8 Å². The molecular formula is C15H10F6N4O. The molecule has 0 bridgehead atoms. The molecule has 2 heterocycles. The summed E-state index contributed by atoms with van der Waals surface area (Å²) in [7, 11) is 0. The zero-order valence-electron chi connectivity index (χ0n) is 13.1. The van der Waals surface area contributed by atoms with Crippen molar-refractivity contribution >= 4 is 0 Å². The minimum Gasteiger partial charge on any atom is -0.419 e. The van der Waals surface area contributed by atoms with Crippen molar-refractivity contribution in [3.8, 4) is 11.5 Å². The standard InChI is InChI=1S/C15H10F6N4O/c1-8-5-11(15(19,20)21)24-25(8)7-12-22-23-13(26-12)9-3-2-4-10(6-9)14(16,17)18/h2-6H,7H2,1H3. The van der Waals surface area contributed by atoms with E-state index in [1.54, 1.807) is 0 Å². The maximum atomic E-state index is 12.7. The molecule has 138 valence electrons. The maximum Gasteiger partial charge on any atom is 0.435 e. The second kappa shape index (κ2) is 6.15. The minimum absolute atomic E-state index is 0.0479. The molecule has 0 N–H and O–H groups in total. The first-order valence-electron chi connectivity index (χ1n) is 7.16. The highest BCUT2D eigenvalue weighted by Gasteiger charge is 2.34. The van der Waals surface area contributed by atoms with E-state index in [9.17, 15) is 26.3 Å². The molecule has 26 heavy (non-hydrogen) atoms. The van der Waals surface area contributed by atoms with Crippen molar-refractivity contribution in [1.29, 1.82) is 0 Å². The van der Waals surface area contributed by atoms with E-state index in [1.165, 1.54) is 19.1 Å². The molecule has 2 aromatic heterocycles. The Morgan fingerprint density at radius 3 is 2.35 bits per heavy atom. The van der Waals surface area contributed by atoms with Crippen LogP contribution < -0.4 is 0 Å². The lowest BCUT2D eigenvalue weighted by atomic mass is 10.1. The van der Waals surface area contributed by atoms with E-state index >= 15 is 0 Å². The first-order chi connectivity index (χ1) is 12.0. The lowest BCUT2D eigenvalue weighted by Gasteiger charge is -2.06. The Balaban J connectivity index is 1.84. The van der Waals surface area contributed by atoms with Crippen molar-refractivity contribution in [2.45, 2.75) is 25.8 Å². The van der Waals surface area contributed by atoms with Crippen molar-refractivity contribution in [3.63, 3.8) is 0 Å². The SMILES string of the molecule is Cc1cc(C(F)(F)F)nn1Cc1nnc(-c2cccc(C(F)(F)F)c2)o1. The first-order valence-corrected chi connectivity index (χ1v) is 7.16. The molecule has 0 unspecified atom stereocenters. The van der Waals surface area contributed by atoms with Crippen LogP contribution in [-0.2, 0) is 18.9 Å². The number of alkyl halides is 6. The maximum absolute atomic E-state index is 12.7. The molecule has 3 aromatic rings. The fraction of sp³-hybridized carbons (Fsp3) is 0.267. The zero-order chi connectivity index (χ0) is 19.1. The van der Waals surface area contributed by atoms with Gasteiger partial charge in [-0.2, -0.15) is 31.4 Å². The van der Waals surface area contributed by atoms with Gasteiger partial charge in [0.25, 0.3) is 0 Å². The van der Waals surface area contributed by atoms with Gasteiger partial charge in [0.15, 0.2) is 5.69 Å². The van der Waals surface area contributed by atoms with E-state index in [0.29, 0.717) is 0 Å². The first kappa shape index (κ1) is 18.0. The smallest absolute Gasteiger partial charge is 0.419 e. The molecule has 3 rings (SSSR count). The molecule has 0 aliphatic heterocycles. The Kier molecular flexibility index (Phi) is 4.24. The third kappa shape index (κ3) is 3.70. The highest BCUT2D eigenvalue weighted by Crippen LogP contribution is 2.32. The summed E-state index contributed by atoms with van der Waals surface area (Å²) >= 11 is 0. The molecule has 0 spiro atoms. The van der Waals surface area contributed by atoms with Gasteiger partial charge in [-0.3, -0.25) is 4.68 Å². The Bertz CT molecular complexity index is 925. The number of aromatic nitrogens is 4. The fourth-order valence-corrected chi connectivity index (χ4v) is 2.20. The minimum atomic E-state index is -4.59. The number of rotatable bonds is 3. The van der Waals surface area contributed by atoms with Crippen molar-refractivity contribution in [2.75, 3.05) is 0 Å². The van der Waals surface area contributed by atoms with Gasteiger partial charge in [-0.25, -0.2) is 0 Å². The average Bonchev–Trinajstić information content (AvgIpc) is 3.14. The summed E-state index contributed by atoms with van der Waals surface area (Å²) in [6, 6.07) is 5.15. The van der Waals surface area contributed by atoms with E-state index in [-0.39, 0.29) is 29.6 Å². The zero-order valence-corrected chi connectivity index (χ0v) is 13.1. The van der Waals surface area contributed by atoms with Crippen LogP contribution in [0.5, 0.6) is 0 Å². The third-order valence-electron chi connectivity index (χ3n) is 3.46. The predicted molar refractivity (Wildman–Crippen MR) is 75.8 cm³/mol. The second-order valence-corrected chi connectivity index (χ2v) is 5.41. The number of halogens is 6. The van der Waals surface area contributed by atoms with Crippen molar-refractivity contribution in [2.24, 2.45) is 0 Å². The van der Waals surface area contributed by atoms with Crippen LogP contribution in [0.4, 0.5) is 26.3 Å². The van der Waals surface area contributed by atoms with Crippen molar-refractivity contribution in [3.05, 3.63) is 53.2 Å². The monoisotopic (exact) mass is 376 g/mol. The third-order valence-corrected chi connectivity index (χ3v) is 3.46. The molecular weight excluding hydrogens is 366 g/mol. The van der Waals surface area contributed by atoms with E-state index in [0.717, 1.165) is 22.9 Å². The van der Waals surface area contributed by atoms with Crippen molar-refractivity contribution in [1.82, 2.24) is 20.0 Å². The highest BCUT2D eigenvalue weighted by atomic mass is 19.4. The molecule has 0 saturated heterocycles. The molecule has 0 aliphatic carbocycles. The molecule has 1 aromatic carbocycles. The molecule has 11 heteroatoms. The van der Waals surface area contributed by atoms with Gasteiger partial charge in [-0.15, -0.1) is 10.2 Å². The Labute approximate surface area is 142 Å². The van der Waals surface area contributed by atoms with Crippen LogP contribution >= 0.6 is 0 Å². The Morgan fingerprint density at radius 2 is 1.73 bits per heavy atom. The summed E-state index contributed by atoms with van der Waals surface area (Å²) < 4.78 is 82.5. The molecule has 0 radical (unpaired) electrons. The quantitative estimate of drug-likeness (QED) is 0.639. The largest absolute Gasteiger partial charge is 0.435 e. The van der Waals surface area contributed by atoms with Crippen LogP contribution in [0.15, 0.2) is 34.7 Å². The lowest BCUT2D eigenvalue weighted by Crippen LogP contribution is -2.09. The average molecular weight is 376 g/mol. The lowest BCUT2D eigenvalue weighted by molar-refractivity contribution is -0.141. The van der Waals surface area contributed by atoms with Crippen LogP contribution in [0, 0.1) is 6.92 Å². The normalized spacial score (nSPS) is 12.6. The van der Waals surface area contributed by atoms with Crippen LogP contribution in [-0.4, -0.2) is 20.0 Å². The van der Waals surface area contributed by atoms with Gasteiger partial charge >= 0.3 is 12.4 Å². The fourth-order valence-electron chi connectivity index (χ4n) is 2.20. The summed E-state index contributed by atoms with van der Waals surface area (Å²) in [4.78, 5) is 0. The number of benzene rings is 1. The number of aryl methyl sites for hydroxylation is 1. The van der Waals surface area contributed by atoms with Gasteiger partial charge in [0.2, 0.25) is 11.8 Å². The van der Waals surface area contributed by atoms with Crippen LogP contribution in [0.25, 0.3) is 11.5 Å². The molecule has 0 amide bonds. The summed E-state index contributed by atoms with van der Waals surface area (Å²) in [5.74, 6) is -0.260. The van der Waals surface area contributed by atoms with E-state index in [2.05, 4.69) is 15.3 Å². The molecule has 0 aliphatic rings. The Morgan fingerprint density at radius 1 is 1.00 bits per heavy atom. The molecule has 5 nitrogen and oxygen atoms in total. The number of hydrogen-bond acceptors (Lipinski definition) is 4.